The van der Waals surface area contributed by atoms with Gasteiger partial charge in [0.15, 0.2) is 11.6 Å². The van der Waals surface area contributed by atoms with Crippen molar-refractivity contribution in [2.75, 3.05) is 31.6 Å². The first kappa shape index (κ1) is 13.9. The Morgan fingerprint density at radius 2 is 2.24 bits per heavy atom. The van der Waals surface area contributed by atoms with E-state index in [1.165, 1.54) is 6.20 Å². The lowest BCUT2D eigenvalue weighted by molar-refractivity contribution is 0.391. The lowest BCUT2D eigenvalue weighted by Crippen LogP contribution is -2.37. The smallest absolute Gasteiger partial charge is 0.245 e. The third-order valence-electron chi connectivity index (χ3n) is 3.89. The number of aromatic nitrogens is 4. The number of piperidine rings is 1. The molecule has 2 aromatic rings. The van der Waals surface area contributed by atoms with Gasteiger partial charge in [-0.05, 0) is 38.4 Å². The Hall–Kier alpha value is -2.02. The number of hydrogen-bond donors (Lipinski definition) is 2. The molecule has 7 heteroatoms. The Labute approximate surface area is 122 Å². The van der Waals surface area contributed by atoms with Crippen LogP contribution in [0.3, 0.4) is 0 Å². The summed E-state index contributed by atoms with van der Waals surface area (Å²) in [6.45, 7) is 2.92. The maximum atomic E-state index is 13.7. The summed E-state index contributed by atoms with van der Waals surface area (Å²) in [5.41, 5.74) is 0.397. The molecule has 3 heterocycles. The number of aromatic amines is 1. The quantitative estimate of drug-likeness (QED) is 0.891. The molecule has 1 aliphatic rings. The first-order chi connectivity index (χ1) is 10.3. The number of halogens is 1. The van der Waals surface area contributed by atoms with Gasteiger partial charge in [0.25, 0.3) is 0 Å². The number of pyridine rings is 1. The van der Waals surface area contributed by atoms with Crippen molar-refractivity contribution < 1.29 is 4.39 Å². The third-order valence-corrected chi connectivity index (χ3v) is 3.89. The summed E-state index contributed by atoms with van der Waals surface area (Å²) in [5, 5.41) is 10.2. The zero-order chi connectivity index (χ0) is 14.7. The number of nitrogens with zero attached hydrogens (tertiary/aromatic N) is 4. The third kappa shape index (κ3) is 3.02. The van der Waals surface area contributed by atoms with Crippen LogP contribution in [0.15, 0.2) is 18.5 Å². The molecule has 1 fully saturated rings. The van der Waals surface area contributed by atoms with Gasteiger partial charge in [0, 0.05) is 19.3 Å². The Kier molecular flexibility index (Phi) is 4.10. The molecular weight excluding hydrogens is 271 g/mol. The van der Waals surface area contributed by atoms with Crippen LogP contribution in [0.25, 0.3) is 11.4 Å². The van der Waals surface area contributed by atoms with Gasteiger partial charge in [0.1, 0.15) is 0 Å². The standard InChI is InChI=1S/C14H19FN6/c1-16-8-10-3-6-21(7-4-10)14-18-13(19-20-14)11-2-5-17-9-12(11)15/h2,5,9-10,16H,3-4,6-8H2,1H3,(H,18,19,20). The second-order valence-electron chi connectivity index (χ2n) is 5.33. The zero-order valence-corrected chi connectivity index (χ0v) is 12.0. The largest absolute Gasteiger partial charge is 0.340 e. The molecule has 0 aromatic carbocycles. The van der Waals surface area contributed by atoms with E-state index >= 15 is 0 Å². The molecule has 0 aliphatic carbocycles. The minimum Gasteiger partial charge on any atom is -0.340 e. The van der Waals surface area contributed by atoms with Gasteiger partial charge in [0.2, 0.25) is 5.95 Å². The Bertz CT molecular complexity index is 591. The maximum Gasteiger partial charge on any atom is 0.245 e. The van der Waals surface area contributed by atoms with Gasteiger partial charge in [-0.1, -0.05) is 0 Å². The highest BCUT2D eigenvalue weighted by Crippen LogP contribution is 2.23. The van der Waals surface area contributed by atoms with E-state index in [9.17, 15) is 4.39 Å². The molecule has 0 spiro atoms. The topological polar surface area (TPSA) is 69.7 Å². The van der Waals surface area contributed by atoms with E-state index in [0.29, 0.717) is 23.3 Å². The molecule has 112 valence electrons. The van der Waals surface area contributed by atoms with Crippen LogP contribution in [0.2, 0.25) is 0 Å². The maximum absolute atomic E-state index is 13.7. The van der Waals surface area contributed by atoms with E-state index < -0.39 is 5.82 Å². The minimum atomic E-state index is -0.395. The molecule has 0 unspecified atom stereocenters. The van der Waals surface area contributed by atoms with Gasteiger partial charge in [0.05, 0.1) is 11.8 Å². The Morgan fingerprint density at radius 1 is 1.43 bits per heavy atom. The van der Waals surface area contributed by atoms with Crippen molar-refractivity contribution in [2.24, 2.45) is 5.92 Å². The van der Waals surface area contributed by atoms with Gasteiger partial charge in [-0.2, -0.15) is 4.98 Å². The van der Waals surface area contributed by atoms with Gasteiger partial charge < -0.3 is 10.2 Å². The first-order valence-corrected chi connectivity index (χ1v) is 7.19. The highest BCUT2D eigenvalue weighted by atomic mass is 19.1. The number of rotatable bonds is 4. The summed E-state index contributed by atoms with van der Waals surface area (Å²) < 4.78 is 13.7. The summed E-state index contributed by atoms with van der Waals surface area (Å²) in [6.07, 6.45) is 4.97. The van der Waals surface area contributed by atoms with E-state index in [1.54, 1.807) is 12.3 Å². The Balaban J connectivity index is 1.70. The van der Waals surface area contributed by atoms with Gasteiger partial charge in [-0.3, -0.25) is 10.1 Å². The van der Waals surface area contributed by atoms with Crippen molar-refractivity contribution in [3.63, 3.8) is 0 Å². The molecule has 1 aliphatic heterocycles. The van der Waals surface area contributed by atoms with Gasteiger partial charge in [-0.25, -0.2) is 4.39 Å². The molecule has 0 atom stereocenters. The van der Waals surface area contributed by atoms with Crippen LogP contribution in [-0.2, 0) is 0 Å². The van der Waals surface area contributed by atoms with Crippen LogP contribution >= 0.6 is 0 Å². The fraction of sp³-hybridized carbons (Fsp3) is 0.500. The fourth-order valence-electron chi connectivity index (χ4n) is 2.71. The second kappa shape index (κ2) is 6.17. The molecule has 2 N–H and O–H groups in total. The van der Waals surface area contributed by atoms with Gasteiger partial charge >= 0.3 is 0 Å². The van der Waals surface area contributed by atoms with Crippen molar-refractivity contribution in [3.8, 4) is 11.4 Å². The average molecular weight is 290 g/mol. The zero-order valence-electron chi connectivity index (χ0n) is 12.0. The van der Waals surface area contributed by atoms with Crippen molar-refractivity contribution >= 4 is 5.95 Å². The molecule has 0 bridgehead atoms. The highest BCUT2D eigenvalue weighted by Gasteiger charge is 2.22. The molecule has 0 radical (unpaired) electrons. The van der Waals surface area contributed by atoms with Gasteiger partial charge in [-0.15, -0.1) is 5.10 Å². The molecule has 1 saturated heterocycles. The molecule has 2 aromatic heterocycles. The predicted octanol–water partition coefficient (Wildman–Crippen LogP) is 1.44. The SMILES string of the molecule is CNCC1CCN(c2n[nH]c(-c3ccncc3F)n2)CC1. The summed E-state index contributed by atoms with van der Waals surface area (Å²) in [5.74, 6) is 1.40. The molecule has 3 rings (SSSR count). The number of anilines is 1. The average Bonchev–Trinajstić information content (AvgIpc) is 2.98. The van der Waals surface area contributed by atoms with Crippen molar-refractivity contribution in [1.82, 2.24) is 25.5 Å². The Morgan fingerprint density at radius 3 is 2.95 bits per heavy atom. The van der Waals surface area contributed by atoms with Crippen LogP contribution in [0.5, 0.6) is 0 Å². The number of H-pyrrole nitrogens is 1. The van der Waals surface area contributed by atoms with Crippen LogP contribution in [-0.4, -0.2) is 46.8 Å². The van der Waals surface area contributed by atoms with Crippen LogP contribution in [0.4, 0.5) is 10.3 Å². The number of hydrogen-bond acceptors (Lipinski definition) is 5. The molecule has 6 nitrogen and oxygen atoms in total. The lowest BCUT2D eigenvalue weighted by atomic mass is 9.97. The summed E-state index contributed by atoms with van der Waals surface area (Å²) in [6, 6.07) is 1.60. The highest BCUT2D eigenvalue weighted by molar-refractivity contribution is 5.56. The number of nitrogens with one attached hydrogen (secondary N) is 2. The molecule has 21 heavy (non-hydrogen) atoms. The van der Waals surface area contributed by atoms with E-state index in [0.717, 1.165) is 32.5 Å². The molecule has 0 saturated carbocycles. The summed E-state index contributed by atoms with van der Waals surface area (Å²) in [4.78, 5) is 10.3. The minimum absolute atomic E-state index is 0.395. The van der Waals surface area contributed by atoms with Crippen LogP contribution < -0.4 is 10.2 Å². The van der Waals surface area contributed by atoms with Crippen molar-refractivity contribution in [2.45, 2.75) is 12.8 Å². The van der Waals surface area contributed by atoms with E-state index in [2.05, 4.69) is 30.4 Å². The van der Waals surface area contributed by atoms with E-state index in [1.807, 2.05) is 7.05 Å². The van der Waals surface area contributed by atoms with Crippen LogP contribution in [0.1, 0.15) is 12.8 Å². The van der Waals surface area contributed by atoms with Crippen molar-refractivity contribution in [3.05, 3.63) is 24.3 Å². The monoisotopic (exact) mass is 290 g/mol. The molecule has 0 amide bonds. The lowest BCUT2D eigenvalue weighted by Gasteiger charge is -2.30. The molecular formula is C14H19FN6. The second-order valence-corrected chi connectivity index (χ2v) is 5.33. The fourth-order valence-corrected chi connectivity index (χ4v) is 2.71. The summed E-state index contributed by atoms with van der Waals surface area (Å²) in [7, 11) is 1.98. The first-order valence-electron chi connectivity index (χ1n) is 7.19. The predicted molar refractivity (Wildman–Crippen MR) is 78.4 cm³/mol. The van der Waals surface area contributed by atoms with Crippen LogP contribution in [0, 0.1) is 11.7 Å². The van der Waals surface area contributed by atoms with E-state index in [-0.39, 0.29) is 0 Å². The summed E-state index contributed by atoms with van der Waals surface area (Å²) >= 11 is 0. The van der Waals surface area contributed by atoms with E-state index in [4.69, 9.17) is 0 Å². The van der Waals surface area contributed by atoms with Crippen molar-refractivity contribution in [1.29, 1.82) is 0 Å². The normalized spacial score (nSPS) is 16.4.